The maximum Gasteiger partial charge on any atom is 0.472 e. The first-order valence-corrected chi connectivity index (χ1v) is 37.4. The van der Waals surface area contributed by atoms with Crippen LogP contribution in [0.3, 0.4) is 0 Å². The van der Waals surface area contributed by atoms with Crippen molar-refractivity contribution in [3.05, 3.63) is 105 Å². The number of fused-ring (bicyclic) bond motifs is 11. The Balaban J connectivity index is 0.000000783. The Morgan fingerprint density at radius 2 is 1.39 bits per heavy atom. The Labute approximate surface area is 628 Å². The minimum absolute atomic E-state index is 0. The quantitative estimate of drug-likeness (QED) is 0.0156. The molecule has 5 saturated heterocycles. The summed E-state index contributed by atoms with van der Waals surface area (Å²) in [4.78, 5) is 121. The molecule has 7 amide bonds. The Morgan fingerprint density at radius 1 is 0.764 bits per heavy atom. The Kier molecular flexibility index (Phi) is 26.2. The smallest absolute Gasteiger partial charge is 0.472 e. The van der Waals surface area contributed by atoms with Crippen molar-refractivity contribution in [2.24, 2.45) is 79.7 Å². The van der Waals surface area contributed by atoms with Crippen LogP contribution in [0.5, 0.6) is 0 Å². The molecule has 18 N–H and O–H groups in total. The summed E-state index contributed by atoms with van der Waals surface area (Å²) >= 11 is 0. The molecule has 3 aromatic heterocycles. The van der Waals surface area contributed by atoms with Gasteiger partial charge in [0.25, 0.3) is 0 Å². The number of nitrogen functional groups attached to an aromatic ring is 1. The molecule has 0 spiro atoms. The molecule has 0 saturated carbocycles. The molecule has 0 aliphatic carbocycles. The summed E-state index contributed by atoms with van der Waals surface area (Å²) in [5.74, 6) is -6.55. The number of phosphoric ester groups is 1. The largest absolute Gasteiger partial charge is 0.683 e. The summed E-state index contributed by atoms with van der Waals surface area (Å²) in [6.07, 6.45) is 2.41. The number of unbranched alkanes of at least 4 members (excludes halogenated alkanes) is 2. The van der Waals surface area contributed by atoms with Gasteiger partial charge in [0.2, 0.25) is 41.4 Å². The van der Waals surface area contributed by atoms with Gasteiger partial charge in [-0.05, 0) is 135 Å². The van der Waals surface area contributed by atoms with Crippen LogP contribution in [0.2, 0.25) is 0 Å². The van der Waals surface area contributed by atoms with Crippen molar-refractivity contribution >= 4 is 77.2 Å². The molecule has 18 atom stereocenters. The van der Waals surface area contributed by atoms with Crippen LogP contribution in [-0.4, -0.2) is 153 Å². The molecule has 587 valence electrons. The zero-order chi connectivity index (χ0) is 77.4. The number of benzene rings is 1. The molecule has 34 heteroatoms. The number of amides is 7. The number of carbonyl (C=O) groups excluding carboxylic acids is 7. The Hall–Kier alpha value is -7.59. The molecule has 6 aliphatic heterocycles. The molecule has 8 bridgehead atoms. The molecular weight excluding hydrogens is 1430 g/mol. The number of rotatable bonds is 30. The second kappa shape index (κ2) is 33.1. The van der Waals surface area contributed by atoms with Crippen molar-refractivity contribution in [1.82, 2.24) is 34.4 Å². The SMILES string of the molecule is CC1=C2[N-]C(C)(C3[N-]C(C(C)=C4[N-]C(C=C5[N-]C1C(C)(CC(N)=O)C5CCC(N)=O)C(C)(C)C4CCC(N)=O)C(C)(CCC(=O)NCC(C)OP(=O)(O)OC1C(CO)OC(n4cnc5cc(C)c(C)cc54)C1O)C3CC(N)=O)C(C)(CC(N)=O)C2CCC(N)=O.[CH2-]CCCCn1cnc2c(N)ncnc21.[Co]. The zero-order valence-corrected chi connectivity index (χ0v) is 64.3. The van der Waals surface area contributed by atoms with E-state index in [0.29, 0.717) is 50.6 Å². The fraction of sp³-hybridized carbons (Fsp3) is 0.639. The summed E-state index contributed by atoms with van der Waals surface area (Å²) < 4.78 is 34.3. The number of aliphatic hydroxyl groups is 2. The third kappa shape index (κ3) is 17.0. The minimum atomic E-state index is -5.06. The van der Waals surface area contributed by atoms with Gasteiger partial charge in [-0.3, -0.25) is 42.6 Å². The predicted octanol–water partition coefficient (Wildman–Crippen LogP) is 6.26. The molecule has 10 rings (SSSR count). The van der Waals surface area contributed by atoms with Crippen LogP contribution in [0.15, 0.2) is 65.4 Å². The monoisotopic (exact) mass is 1540 g/mol. The number of imidazole rings is 2. The molecule has 5 fully saturated rings. The second-order valence-corrected chi connectivity index (χ2v) is 32.4. The number of allylic oxidation sites excluding steroid dienone is 3. The van der Waals surface area contributed by atoms with Crippen molar-refractivity contribution in [3.63, 3.8) is 0 Å². The number of nitrogens with zero attached hydrogens (tertiary/aromatic N) is 10. The van der Waals surface area contributed by atoms with Crippen molar-refractivity contribution in [3.8, 4) is 0 Å². The van der Waals surface area contributed by atoms with Crippen molar-refractivity contribution in [1.29, 1.82) is 0 Å². The molecule has 106 heavy (non-hydrogen) atoms. The van der Waals surface area contributed by atoms with Gasteiger partial charge in [-0.25, -0.2) is 24.5 Å². The maximum atomic E-state index is 14.4. The number of aryl methyl sites for hydroxylation is 3. The van der Waals surface area contributed by atoms with Gasteiger partial charge in [-0.1, -0.05) is 60.0 Å². The van der Waals surface area contributed by atoms with E-state index in [9.17, 15) is 53.2 Å². The van der Waals surface area contributed by atoms with Gasteiger partial charge in [0.1, 0.15) is 30.2 Å². The zero-order valence-electron chi connectivity index (χ0n) is 62.3. The number of aliphatic hydroxyl groups excluding tert-OH is 2. The van der Waals surface area contributed by atoms with E-state index in [4.69, 9.17) is 75.2 Å². The molecule has 18 unspecified atom stereocenters. The average Bonchev–Trinajstić information content (AvgIpc) is 1.52. The predicted molar refractivity (Wildman–Crippen MR) is 392 cm³/mol. The van der Waals surface area contributed by atoms with Gasteiger partial charge in [0, 0.05) is 74.8 Å². The van der Waals surface area contributed by atoms with Crippen molar-refractivity contribution < 1.29 is 83.8 Å². The number of phosphoric acid groups is 1. The fourth-order valence-electron chi connectivity index (χ4n) is 17.6. The number of hydrogen-bond donors (Lipinski definition) is 11. The third-order valence-electron chi connectivity index (χ3n) is 23.5. The summed E-state index contributed by atoms with van der Waals surface area (Å²) in [7, 11) is -5.06. The molecule has 1 radical (unpaired) electrons. The van der Waals surface area contributed by atoms with Gasteiger partial charge in [-0.2, -0.15) is 23.5 Å². The number of nitrogens with two attached hydrogens (primary N) is 7. The Morgan fingerprint density at radius 3 is 2.00 bits per heavy atom. The van der Waals surface area contributed by atoms with Crippen LogP contribution in [0.25, 0.3) is 43.5 Å². The first kappa shape index (κ1) is 84.0. The van der Waals surface area contributed by atoms with E-state index in [1.54, 1.807) is 10.9 Å². The topological polar surface area (TPSA) is 537 Å². The number of aromatic nitrogens is 6. The van der Waals surface area contributed by atoms with E-state index in [2.05, 4.69) is 32.2 Å². The number of ether oxygens (including phenoxy) is 1. The van der Waals surface area contributed by atoms with Crippen LogP contribution in [0.4, 0.5) is 5.82 Å². The summed E-state index contributed by atoms with van der Waals surface area (Å²) in [6, 6.07) is 0.374. The normalized spacial score (nSPS) is 30.9. The van der Waals surface area contributed by atoms with Crippen LogP contribution in [0, 0.1) is 66.1 Å². The number of nitrogens with one attached hydrogen (secondary N) is 1. The van der Waals surface area contributed by atoms with Gasteiger partial charge in [0.05, 0.1) is 36.4 Å². The number of carbonyl (C=O) groups is 7. The number of hydrogen-bond acceptors (Lipinski definition) is 18. The van der Waals surface area contributed by atoms with Crippen molar-refractivity contribution in [2.75, 3.05) is 18.9 Å². The van der Waals surface area contributed by atoms with Gasteiger partial charge in [-0.15, -0.1) is 34.8 Å². The van der Waals surface area contributed by atoms with Crippen LogP contribution < -0.4 is 45.5 Å². The summed E-state index contributed by atoms with van der Waals surface area (Å²) in [5, 5.41) is 47.0. The van der Waals surface area contributed by atoms with E-state index in [0.717, 1.165) is 42.6 Å². The first-order chi connectivity index (χ1) is 49.2. The molecule has 4 aromatic rings. The molecule has 6 aliphatic rings. The Bertz CT molecular complexity index is 4130. The van der Waals surface area contributed by atoms with E-state index < -0.39 is 161 Å². The first-order valence-electron chi connectivity index (χ1n) is 35.9. The van der Waals surface area contributed by atoms with Crippen LogP contribution in [-0.2, 0) is 75.2 Å². The van der Waals surface area contributed by atoms with E-state index in [1.165, 1.54) is 19.6 Å². The molecule has 9 heterocycles. The summed E-state index contributed by atoms with van der Waals surface area (Å²) in [5.41, 5.74) is 43.5. The van der Waals surface area contributed by atoms with E-state index in [1.807, 2.05) is 92.0 Å². The number of anilines is 1. The van der Waals surface area contributed by atoms with Gasteiger partial charge in [0.15, 0.2) is 17.7 Å². The van der Waals surface area contributed by atoms with Crippen molar-refractivity contribution in [2.45, 2.75) is 233 Å². The third-order valence-corrected chi connectivity index (χ3v) is 24.6. The number of primary amides is 6. The molecular formula is C72H106CoN18O14P-5. The second-order valence-electron chi connectivity index (χ2n) is 31.1. The molecule has 32 nitrogen and oxygen atoms in total. The fourth-order valence-corrected chi connectivity index (χ4v) is 18.7. The van der Waals surface area contributed by atoms with Crippen LogP contribution >= 0.6 is 7.82 Å². The van der Waals surface area contributed by atoms with E-state index >= 15 is 0 Å². The van der Waals surface area contributed by atoms with Crippen LogP contribution in [0.1, 0.15) is 170 Å². The minimum Gasteiger partial charge on any atom is -0.683 e. The van der Waals surface area contributed by atoms with Gasteiger partial charge < -0.3 is 103 Å². The summed E-state index contributed by atoms with van der Waals surface area (Å²) in [6.45, 7) is 24.2. The maximum absolute atomic E-state index is 14.4. The standard InChI is InChI=1S/C62H92N13O14P.C10H14N5.Co/c1-29-20-39-40(21-30(29)2)75(28-70-39)57-52(84)53(41(27-76)87-57)89-90(85,86)88-31(3)26-69-49(83)18-19-59(8)37(22-46(66)80)56-62(11)61(10,25-48(68)82)36(14-17-45(65)79)51(74-62)33(5)55-60(9,24-47(67)81)34(12-15-43(63)77)38(71-55)23-42-58(6,7)35(13-16-44(64)78)50(72-42)32(4)54(59)73-56;1-2-3-4-5-15-7-14-8-9(11)12-6-13-10(8)15;/h20-21,23,28,31,34-37,41-42,52-57,76,84H,12-19,22,24-27H2,1-11H3,(H2,63,77)(H2,64,78)(H2,65,79)(H2,66,80)(H2,67,81)(H2,68,82)(H,69,83)(H,85,86);6-7H,1-5H2,(H2,11,12,13);/q-4;-1;. The molecule has 1 aromatic carbocycles. The van der Waals surface area contributed by atoms with E-state index in [-0.39, 0.29) is 94.0 Å². The van der Waals surface area contributed by atoms with Gasteiger partial charge >= 0.3 is 7.82 Å². The average molecular weight is 1540 g/mol.